The molecule has 0 aliphatic heterocycles. The molecule has 0 spiro atoms. The van der Waals surface area contributed by atoms with E-state index in [4.69, 9.17) is 0 Å². The van der Waals surface area contributed by atoms with E-state index in [1.54, 1.807) is 36.7 Å². The quantitative estimate of drug-likeness (QED) is 0.726. The lowest BCUT2D eigenvalue weighted by Crippen LogP contribution is -2.27. The normalized spacial score (nSPS) is 11.2. The number of anilines is 3. The van der Waals surface area contributed by atoms with E-state index in [1.165, 1.54) is 6.07 Å². The molecule has 3 rings (SSSR count). The Bertz CT molecular complexity index is 859. The second-order valence-corrected chi connectivity index (χ2v) is 6.68. The van der Waals surface area contributed by atoms with E-state index in [0.29, 0.717) is 23.1 Å². The third-order valence-corrected chi connectivity index (χ3v) is 3.31. The van der Waals surface area contributed by atoms with Gasteiger partial charge >= 0.3 is 0 Å². The summed E-state index contributed by atoms with van der Waals surface area (Å²) in [5.74, 6) is 0.632. The van der Waals surface area contributed by atoms with Gasteiger partial charge in [-0.2, -0.15) is 4.98 Å². The van der Waals surface area contributed by atoms with Crippen LogP contribution in [0.1, 0.15) is 20.8 Å². The van der Waals surface area contributed by atoms with Crippen LogP contribution >= 0.6 is 0 Å². The van der Waals surface area contributed by atoms with E-state index in [0.717, 1.165) is 5.56 Å². The van der Waals surface area contributed by atoms with E-state index in [9.17, 15) is 4.39 Å². The van der Waals surface area contributed by atoms with Gasteiger partial charge < -0.3 is 10.6 Å². The summed E-state index contributed by atoms with van der Waals surface area (Å²) >= 11 is 0. The van der Waals surface area contributed by atoms with Crippen LogP contribution in [0, 0.1) is 5.82 Å². The first-order valence-electron chi connectivity index (χ1n) is 8.00. The van der Waals surface area contributed by atoms with Crippen molar-refractivity contribution in [3.8, 4) is 11.3 Å². The van der Waals surface area contributed by atoms with Crippen LogP contribution in [0.2, 0.25) is 0 Å². The average molecular weight is 337 g/mol. The molecule has 2 aromatic heterocycles. The van der Waals surface area contributed by atoms with Crippen LogP contribution in [0.5, 0.6) is 0 Å². The molecule has 0 unspecified atom stereocenters. The second kappa shape index (κ2) is 6.84. The molecule has 0 aliphatic carbocycles. The summed E-state index contributed by atoms with van der Waals surface area (Å²) in [5.41, 5.74) is 1.72. The number of para-hydroxylation sites is 1. The number of pyridine rings is 1. The minimum absolute atomic E-state index is 0.206. The SMILES string of the molecule is CC(C)(C)Nc1nc(Nc2ccccc2F)cc(-c2cccnc2)n1. The molecule has 6 heteroatoms. The zero-order valence-corrected chi connectivity index (χ0v) is 14.4. The van der Waals surface area contributed by atoms with Gasteiger partial charge in [0.2, 0.25) is 5.95 Å². The van der Waals surface area contributed by atoms with Crippen molar-refractivity contribution in [2.75, 3.05) is 10.6 Å². The number of nitrogens with zero attached hydrogens (tertiary/aromatic N) is 3. The first kappa shape index (κ1) is 16.8. The summed E-state index contributed by atoms with van der Waals surface area (Å²) in [5, 5.41) is 6.28. The zero-order chi connectivity index (χ0) is 17.9. The predicted molar refractivity (Wildman–Crippen MR) is 98.3 cm³/mol. The summed E-state index contributed by atoms with van der Waals surface area (Å²) in [6, 6.07) is 12.0. The molecular formula is C19H20FN5. The monoisotopic (exact) mass is 337 g/mol. The van der Waals surface area contributed by atoms with E-state index in [2.05, 4.69) is 25.6 Å². The molecule has 0 saturated carbocycles. The number of rotatable bonds is 4. The average Bonchev–Trinajstić information content (AvgIpc) is 2.56. The van der Waals surface area contributed by atoms with Gasteiger partial charge in [-0.1, -0.05) is 12.1 Å². The molecule has 0 atom stereocenters. The molecule has 128 valence electrons. The van der Waals surface area contributed by atoms with E-state index < -0.39 is 0 Å². The number of aromatic nitrogens is 3. The van der Waals surface area contributed by atoms with Crippen molar-refractivity contribution in [1.82, 2.24) is 15.0 Å². The van der Waals surface area contributed by atoms with Crippen molar-refractivity contribution in [2.45, 2.75) is 26.3 Å². The van der Waals surface area contributed by atoms with Gasteiger partial charge in [-0.05, 0) is 45.0 Å². The molecule has 1 aromatic carbocycles. The molecule has 0 radical (unpaired) electrons. The Kier molecular flexibility index (Phi) is 4.61. The maximum absolute atomic E-state index is 13.9. The second-order valence-electron chi connectivity index (χ2n) is 6.68. The van der Waals surface area contributed by atoms with Crippen molar-refractivity contribution >= 4 is 17.5 Å². The van der Waals surface area contributed by atoms with E-state index in [-0.39, 0.29) is 11.4 Å². The van der Waals surface area contributed by atoms with Crippen LogP contribution in [-0.4, -0.2) is 20.5 Å². The van der Waals surface area contributed by atoms with Gasteiger partial charge in [-0.3, -0.25) is 4.98 Å². The van der Waals surface area contributed by atoms with Crippen LogP contribution in [0.3, 0.4) is 0 Å². The van der Waals surface area contributed by atoms with Gasteiger partial charge in [0.15, 0.2) is 0 Å². The maximum atomic E-state index is 13.9. The third kappa shape index (κ3) is 4.50. The van der Waals surface area contributed by atoms with Gasteiger partial charge in [0.25, 0.3) is 0 Å². The summed E-state index contributed by atoms with van der Waals surface area (Å²) in [6.45, 7) is 6.07. The molecule has 0 fully saturated rings. The Hall–Kier alpha value is -3.02. The number of nitrogens with one attached hydrogen (secondary N) is 2. The summed E-state index contributed by atoms with van der Waals surface area (Å²) in [6.07, 6.45) is 3.44. The molecule has 25 heavy (non-hydrogen) atoms. The fourth-order valence-electron chi connectivity index (χ4n) is 2.27. The van der Waals surface area contributed by atoms with Crippen LogP contribution < -0.4 is 10.6 Å². The van der Waals surface area contributed by atoms with Crippen molar-refractivity contribution in [3.05, 3.63) is 60.7 Å². The van der Waals surface area contributed by atoms with E-state index in [1.807, 2.05) is 32.9 Å². The first-order valence-corrected chi connectivity index (χ1v) is 8.00. The van der Waals surface area contributed by atoms with Crippen molar-refractivity contribution < 1.29 is 4.39 Å². The van der Waals surface area contributed by atoms with Crippen molar-refractivity contribution in [2.24, 2.45) is 0 Å². The highest BCUT2D eigenvalue weighted by atomic mass is 19.1. The standard InChI is InChI=1S/C19H20FN5/c1-19(2,3)25-18-23-16(13-7-6-10-21-12-13)11-17(24-18)22-15-9-5-4-8-14(15)20/h4-12H,1-3H3,(H2,22,23,24,25). The largest absolute Gasteiger partial charge is 0.350 e. The molecule has 2 heterocycles. The van der Waals surface area contributed by atoms with Gasteiger partial charge in [-0.25, -0.2) is 9.37 Å². The number of benzene rings is 1. The lowest BCUT2D eigenvalue weighted by molar-refractivity contribution is 0.625. The van der Waals surface area contributed by atoms with Crippen LogP contribution in [0.15, 0.2) is 54.9 Å². The van der Waals surface area contributed by atoms with Crippen LogP contribution in [0.25, 0.3) is 11.3 Å². The van der Waals surface area contributed by atoms with Crippen molar-refractivity contribution in [3.63, 3.8) is 0 Å². The van der Waals surface area contributed by atoms with Gasteiger partial charge in [-0.15, -0.1) is 0 Å². The number of halogens is 1. The van der Waals surface area contributed by atoms with E-state index >= 15 is 0 Å². The molecule has 0 bridgehead atoms. The summed E-state index contributed by atoms with van der Waals surface area (Å²) < 4.78 is 13.9. The lowest BCUT2D eigenvalue weighted by Gasteiger charge is -2.21. The third-order valence-electron chi connectivity index (χ3n) is 3.31. The minimum Gasteiger partial charge on any atom is -0.350 e. The Morgan fingerprint density at radius 3 is 2.48 bits per heavy atom. The topological polar surface area (TPSA) is 62.7 Å². The smallest absolute Gasteiger partial charge is 0.225 e. The molecule has 0 aliphatic rings. The fraction of sp³-hybridized carbons (Fsp3) is 0.211. The highest BCUT2D eigenvalue weighted by Crippen LogP contribution is 2.25. The molecule has 2 N–H and O–H groups in total. The Labute approximate surface area is 146 Å². The molecule has 3 aromatic rings. The van der Waals surface area contributed by atoms with Gasteiger partial charge in [0.05, 0.1) is 11.4 Å². The summed E-state index contributed by atoms with van der Waals surface area (Å²) in [7, 11) is 0. The number of hydrogen-bond acceptors (Lipinski definition) is 5. The molecule has 0 amide bonds. The Morgan fingerprint density at radius 1 is 1.00 bits per heavy atom. The Morgan fingerprint density at radius 2 is 1.80 bits per heavy atom. The minimum atomic E-state index is -0.339. The van der Waals surface area contributed by atoms with Crippen LogP contribution in [0.4, 0.5) is 21.8 Å². The first-order chi connectivity index (χ1) is 11.9. The molecular weight excluding hydrogens is 317 g/mol. The van der Waals surface area contributed by atoms with Gasteiger partial charge in [0, 0.05) is 29.6 Å². The highest BCUT2D eigenvalue weighted by molar-refractivity contribution is 5.67. The maximum Gasteiger partial charge on any atom is 0.225 e. The predicted octanol–water partition coefficient (Wildman–Crippen LogP) is 4.63. The fourth-order valence-corrected chi connectivity index (χ4v) is 2.27. The van der Waals surface area contributed by atoms with Crippen molar-refractivity contribution in [1.29, 1.82) is 0 Å². The molecule has 0 saturated heterocycles. The summed E-state index contributed by atoms with van der Waals surface area (Å²) in [4.78, 5) is 13.1. The lowest BCUT2D eigenvalue weighted by atomic mass is 10.1. The molecule has 5 nitrogen and oxygen atoms in total. The van der Waals surface area contributed by atoms with Crippen LogP contribution in [-0.2, 0) is 0 Å². The highest BCUT2D eigenvalue weighted by Gasteiger charge is 2.14. The van der Waals surface area contributed by atoms with Gasteiger partial charge in [0.1, 0.15) is 11.6 Å². The number of hydrogen-bond donors (Lipinski definition) is 2. The zero-order valence-electron chi connectivity index (χ0n) is 14.4. The Balaban J connectivity index is 2.02.